The Morgan fingerprint density at radius 1 is 0.933 bits per heavy atom. The van der Waals surface area contributed by atoms with Crippen LogP contribution in [0.3, 0.4) is 0 Å². The van der Waals surface area contributed by atoms with E-state index in [1.54, 1.807) is 18.2 Å². The van der Waals surface area contributed by atoms with Crippen molar-refractivity contribution in [1.82, 2.24) is 10.0 Å². The van der Waals surface area contributed by atoms with Gasteiger partial charge in [0.1, 0.15) is 16.7 Å². The third-order valence-corrected chi connectivity index (χ3v) is 6.15. The molecule has 2 unspecified atom stereocenters. The quantitative estimate of drug-likeness (QED) is 0.566. The van der Waals surface area contributed by atoms with Crippen LogP contribution in [-0.4, -0.2) is 27.0 Å². The molecule has 0 fully saturated rings. The predicted molar refractivity (Wildman–Crippen MR) is 113 cm³/mol. The first-order chi connectivity index (χ1) is 14.5. The highest BCUT2D eigenvalue weighted by Gasteiger charge is 2.33. The predicted octanol–water partition coefficient (Wildman–Crippen LogP) is 2.65. The fourth-order valence-corrected chi connectivity index (χ4v) is 4.47. The van der Waals surface area contributed by atoms with Crippen LogP contribution in [0.5, 0.6) is 5.75 Å². The highest BCUT2D eigenvalue weighted by molar-refractivity contribution is 7.89. The van der Waals surface area contributed by atoms with Crippen LogP contribution in [0.2, 0.25) is 0 Å². The molecule has 3 N–H and O–H groups in total. The van der Waals surface area contributed by atoms with E-state index in [-0.39, 0.29) is 11.4 Å². The topological polar surface area (TPSA) is 96.5 Å². The van der Waals surface area contributed by atoms with Gasteiger partial charge in [-0.2, -0.15) is 4.72 Å². The van der Waals surface area contributed by atoms with E-state index in [0.29, 0.717) is 11.4 Å². The van der Waals surface area contributed by atoms with Crippen molar-refractivity contribution >= 4 is 21.6 Å². The second-order valence-electron chi connectivity index (χ2n) is 6.77. The third kappa shape index (κ3) is 4.45. The van der Waals surface area contributed by atoms with E-state index in [1.807, 2.05) is 60.7 Å². The maximum absolute atomic E-state index is 12.7. The average molecular weight is 423 g/mol. The summed E-state index contributed by atoms with van der Waals surface area (Å²) in [6, 6.07) is 25.3. The molecular formula is C22H21N3O4S. The van der Waals surface area contributed by atoms with Gasteiger partial charge in [0.15, 0.2) is 6.17 Å². The molecule has 1 heterocycles. The van der Waals surface area contributed by atoms with Crippen LogP contribution in [0, 0.1) is 0 Å². The number of nitrogens with one attached hydrogen (secondary N) is 3. The lowest BCUT2D eigenvalue weighted by molar-refractivity contribution is -0.122. The molecule has 0 bridgehead atoms. The standard InChI is InChI=1S/C22H21N3O4S/c26-22(21-24-18-13-7-8-14-20(18)30(27,28)25-21)23-15-19(16-9-3-1-4-10-16)29-17-11-5-2-6-12-17/h1-14,19,21,24-25H,15H2,(H,23,26). The lowest BCUT2D eigenvalue weighted by Gasteiger charge is -2.28. The summed E-state index contributed by atoms with van der Waals surface area (Å²) in [5, 5.41) is 5.71. The van der Waals surface area contributed by atoms with Gasteiger partial charge in [-0.25, -0.2) is 8.42 Å². The van der Waals surface area contributed by atoms with Crippen LogP contribution in [-0.2, 0) is 14.8 Å². The van der Waals surface area contributed by atoms with Crippen molar-refractivity contribution in [3.8, 4) is 5.75 Å². The maximum Gasteiger partial charge on any atom is 0.258 e. The van der Waals surface area contributed by atoms with Gasteiger partial charge in [-0.15, -0.1) is 0 Å². The zero-order chi connectivity index (χ0) is 21.0. The first-order valence-electron chi connectivity index (χ1n) is 9.45. The lowest BCUT2D eigenvalue weighted by Crippen LogP contribution is -2.54. The summed E-state index contributed by atoms with van der Waals surface area (Å²) in [5.41, 5.74) is 1.28. The summed E-state index contributed by atoms with van der Waals surface area (Å²) >= 11 is 0. The van der Waals surface area contributed by atoms with Gasteiger partial charge >= 0.3 is 0 Å². The molecular weight excluding hydrogens is 402 g/mol. The molecule has 0 saturated carbocycles. The number of hydrogen-bond donors (Lipinski definition) is 3. The summed E-state index contributed by atoms with van der Waals surface area (Å²) in [6.45, 7) is 0.166. The number of benzene rings is 3. The van der Waals surface area contributed by atoms with Crippen molar-refractivity contribution in [3.63, 3.8) is 0 Å². The zero-order valence-electron chi connectivity index (χ0n) is 16.0. The van der Waals surface area contributed by atoms with E-state index < -0.39 is 28.2 Å². The van der Waals surface area contributed by atoms with E-state index in [2.05, 4.69) is 15.4 Å². The van der Waals surface area contributed by atoms with Crippen molar-refractivity contribution in [1.29, 1.82) is 0 Å². The normalized spacial score (nSPS) is 17.8. The summed E-state index contributed by atoms with van der Waals surface area (Å²) in [6.07, 6.45) is -1.55. The van der Waals surface area contributed by atoms with E-state index in [0.717, 1.165) is 5.56 Å². The molecule has 3 aromatic rings. The second-order valence-corrected chi connectivity index (χ2v) is 8.45. The molecule has 0 spiro atoms. The molecule has 4 rings (SSSR count). The fourth-order valence-electron chi connectivity index (χ4n) is 3.20. The van der Waals surface area contributed by atoms with Gasteiger partial charge in [0.2, 0.25) is 10.0 Å². The lowest BCUT2D eigenvalue weighted by atomic mass is 10.1. The highest BCUT2D eigenvalue weighted by Crippen LogP contribution is 2.25. The number of fused-ring (bicyclic) bond motifs is 1. The second kappa shape index (κ2) is 8.56. The summed E-state index contributed by atoms with van der Waals surface area (Å²) in [4.78, 5) is 12.8. The largest absolute Gasteiger partial charge is 0.484 e. The van der Waals surface area contributed by atoms with Crippen molar-refractivity contribution in [3.05, 3.63) is 90.5 Å². The first kappa shape index (κ1) is 19.9. The van der Waals surface area contributed by atoms with E-state index in [9.17, 15) is 13.2 Å². The number of sulfonamides is 1. The van der Waals surface area contributed by atoms with Crippen LogP contribution >= 0.6 is 0 Å². The van der Waals surface area contributed by atoms with Crippen LogP contribution in [0.4, 0.5) is 5.69 Å². The molecule has 0 aliphatic carbocycles. The fraction of sp³-hybridized carbons (Fsp3) is 0.136. The van der Waals surface area contributed by atoms with Gasteiger partial charge in [0, 0.05) is 0 Å². The summed E-state index contributed by atoms with van der Waals surface area (Å²) in [5.74, 6) is 0.177. The molecule has 0 radical (unpaired) electrons. The first-order valence-corrected chi connectivity index (χ1v) is 10.9. The van der Waals surface area contributed by atoms with Crippen LogP contribution in [0.15, 0.2) is 89.8 Å². The summed E-state index contributed by atoms with van der Waals surface area (Å²) < 4.78 is 33.3. The molecule has 154 valence electrons. The Morgan fingerprint density at radius 2 is 1.57 bits per heavy atom. The van der Waals surface area contributed by atoms with Crippen molar-refractivity contribution < 1.29 is 17.9 Å². The Bertz CT molecular complexity index is 1120. The van der Waals surface area contributed by atoms with E-state index in [1.165, 1.54) is 6.07 Å². The number of para-hydroxylation sites is 2. The van der Waals surface area contributed by atoms with Gasteiger partial charge in [0.25, 0.3) is 5.91 Å². The van der Waals surface area contributed by atoms with E-state index >= 15 is 0 Å². The number of carbonyl (C=O) groups is 1. The Balaban J connectivity index is 1.48. The molecule has 30 heavy (non-hydrogen) atoms. The van der Waals surface area contributed by atoms with Crippen molar-refractivity contribution in [2.75, 3.05) is 11.9 Å². The Morgan fingerprint density at radius 3 is 2.30 bits per heavy atom. The number of ether oxygens (including phenoxy) is 1. The number of carbonyl (C=O) groups excluding carboxylic acids is 1. The number of rotatable bonds is 6. The van der Waals surface area contributed by atoms with Crippen molar-refractivity contribution in [2.45, 2.75) is 17.2 Å². The van der Waals surface area contributed by atoms with Crippen molar-refractivity contribution in [2.24, 2.45) is 0 Å². The van der Waals surface area contributed by atoms with Crippen LogP contribution < -0.4 is 20.1 Å². The zero-order valence-corrected chi connectivity index (χ0v) is 16.8. The van der Waals surface area contributed by atoms with Crippen LogP contribution in [0.1, 0.15) is 11.7 Å². The smallest absolute Gasteiger partial charge is 0.258 e. The Labute approximate surface area is 175 Å². The maximum atomic E-state index is 12.7. The molecule has 8 heteroatoms. The van der Waals surface area contributed by atoms with Gasteiger partial charge in [-0.05, 0) is 29.8 Å². The molecule has 2 atom stereocenters. The molecule has 1 aliphatic rings. The minimum absolute atomic E-state index is 0.114. The average Bonchev–Trinajstić information content (AvgIpc) is 2.77. The molecule has 0 aromatic heterocycles. The minimum atomic E-state index is -3.78. The molecule has 3 aromatic carbocycles. The van der Waals surface area contributed by atoms with Gasteiger partial charge < -0.3 is 15.4 Å². The molecule has 1 amide bonds. The monoisotopic (exact) mass is 423 g/mol. The summed E-state index contributed by atoms with van der Waals surface area (Å²) in [7, 11) is -3.78. The molecule has 0 saturated heterocycles. The molecule has 1 aliphatic heterocycles. The SMILES string of the molecule is O=C(NCC(Oc1ccccc1)c1ccccc1)C1Nc2ccccc2S(=O)(=O)N1. The number of anilines is 1. The van der Waals surface area contributed by atoms with E-state index in [4.69, 9.17) is 4.74 Å². The Kier molecular flexibility index (Phi) is 5.69. The van der Waals surface area contributed by atoms with Gasteiger partial charge in [-0.1, -0.05) is 60.7 Å². The Hall–Kier alpha value is -3.36. The number of amides is 1. The highest BCUT2D eigenvalue weighted by atomic mass is 32.2. The molecule has 7 nitrogen and oxygen atoms in total. The number of hydrogen-bond acceptors (Lipinski definition) is 5. The van der Waals surface area contributed by atoms with Gasteiger partial charge in [-0.3, -0.25) is 4.79 Å². The van der Waals surface area contributed by atoms with Crippen LogP contribution in [0.25, 0.3) is 0 Å². The third-order valence-electron chi connectivity index (χ3n) is 4.67. The van der Waals surface area contributed by atoms with Gasteiger partial charge in [0.05, 0.1) is 12.2 Å². The minimum Gasteiger partial charge on any atom is -0.484 e.